The molecule has 1 fully saturated rings. The van der Waals surface area contributed by atoms with Crippen molar-refractivity contribution in [3.63, 3.8) is 0 Å². The zero-order valence-corrected chi connectivity index (χ0v) is 17.6. The Balaban J connectivity index is 1.79. The van der Waals surface area contributed by atoms with E-state index in [-0.39, 0.29) is 29.4 Å². The largest absolute Gasteiger partial charge is 0.418 e. The van der Waals surface area contributed by atoms with Crippen LogP contribution in [0.4, 0.5) is 18.9 Å². The molecule has 0 bridgehead atoms. The molecule has 0 amide bonds. The van der Waals surface area contributed by atoms with E-state index >= 15 is 0 Å². The number of hydrogen-bond acceptors (Lipinski definition) is 4. The average Bonchev–Trinajstić information content (AvgIpc) is 3.45. The van der Waals surface area contributed by atoms with Crippen LogP contribution >= 0.6 is 0 Å². The number of hydrogen-bond donors (Lipinski definition) is 1. The van der Waals surface area contributed by atoms with Crippen molar-refractivity contribution in [3.8, 4) is 11.1 Å². The Morgan fingerprint density at radius 1 is 1.23 bits per heavy atom. The quantitative estimate of drug-likeness (QED) is 0.668. The maximum atomic E-state index is 13.7. The van der Waals surface area contributed by atoms with E-state index in [0.29, 0.717) is 17.7 Å². The van der Waals surface area contributed by atoms with Crippen molar-refractivity contribution in [3.05, 3.63) is 52.9 Å². The van der Waals surface area contributed by atoms with Gasteiger partial charge >= 0.3 is 6.18 Å². The topological polar surface area (TPSA) is 76.1 Å². The van der Waals surface area contributed by atoms with E-state index in [9.17, 15) is 26.4 Å². The lowest BCUT2D eigenvalue weighted by atomic mass is 9.95. The number of Topliss-reactive ketones (excluding diaryl/α,β-unsaturated/α-hetero) is 1. The molecule has 5 nitrogen and oxygen atoms in total. The van der Waals surface area contributed by atoms with Crippen molar-refractivity contribution in [1.82, 2.24) is 4.98 Å². The fourth-order valence-electron chi connectivity index (χ4n) is 3.63. The van der Waals surface area contributed by atoms with Gasteiger partial charge in [-0.15, -0.1) is 0 Å². The summed E-state index contributed by atoms with van der Waals surface area (Å²) in [5, 5.41) is 0. The third-order valence-corrected chi connectivity index (χ3v) is 6.75. The van der Waals surface area contributed by atoms with Crippen LogP contribution in [0.1, 0.15) is 42.3 Å². The van der Waals surface area contributed by atoms with Gasteiger partial charge in [-0.3, -0.25) is 14.5 Å². The molecule has 1 saturated carbocycles. The van der Waals surface area contributed by atoms with Crippen LogP contribution < -0.4 is 4.72 Å². The first kappa shape index (κ1) is 21.5. The summed E-state index contributed by atoms with van der Waals surface area (Å²) in [6.45, 7) is 1.35. The Bertz CT molecular complexity index is 1180. The van der Waals surface area contributed by atoms with Gasteiger partial charge in [0, 0.05) is 30.0 Å². The van der Waals surface area contributed by atoms with Crippen molar-refractivity contribution in [2.75, 3.05) is 10.5 Å². The summed E-state index contributed by atoms with van der Waals surface area (Å²) < 4.78 is 66.9. The second-order valence-electron chi connectivity index (χ2n) is 7.81. The first-order valence-electron chi connectivity index (χ1n) is 10.0. The van der Waals surface area contributed by atoms with Crippen LogP contribution in [-0.4, -0.2) is 24.9 Å². The third kappa shape index (κ3) is 4.66. The van der Waals surface area contributed by atoms with Gasteiger partial charge in [0.1, 0.15) is 5.78 Å². The van der Waals surface area contributed by atoms with Gasteiger partial charge < -0.3 is 0 Å². The number of ketones is 1. The number of aromatic nitrogens is 1. The molecule has 2 aromatic rings. The lowest BCUT2D eigenvalue weighted by Gasteiger charge is -2.17. The van der Waals surface area contributed by atoms with E-state index in [1.807, 2.05) is 16.9 Å². The summed E-state index contributed by atoms with van der Waals surface area (Å²) >= 11 is 0. The number of allylic oxidation sites excluding steroid dienone is 1. The third-order valence-electron chi connectivity index (χ3n) is 5.46. The summed E-state index contributed by atoms with van der Waals surface area (Å²) in [6.07, 6.45) is 1.40. The first-order chi connectivity index (χ1) is 14.6. The Kier molecular flexibility index (Phi) is 5.41. The number of carbonyl (C=O) groups is 1. The molecule has 0 atom stereocenters. The Hall–Kier alpha value is -2.68. The zero-order valence-electron chi connectivity index (χ0n) is 16.8. The minimum atomic E-state index is -4.75. The average molecular weight is 450 g/mol. The Labute approximate surface area is 178 Å². The first-order valence-corrected chi connectivity index (χ1v) is 11.7. The predicted molar refractivity (Wildman–Crippen MR) is 112 cm³/mol. The normalized spacial score (nSPS) is 15.7. The van der Waals surface area contributed by atoms with Crippen LogP contribution in [0.25, 0.3) is 17.2 Å². The van der Waals surface area contributed by atoms with E-state index in [4.69, 9.17) is 0 Å². The molecule has 0 aliphatic heterocycles. The molecule has 9 heteroatoms. The fraction of sp³-hybridized carbons (Fsp3) is 0.364. The van der Waals surface area contributed by atoms with Crippen LogP contribution in [0.2, 0.25) is 0 Å². The number of nitrogens with zero attached hydrogens (tertiary/aromatic N) is 1. The highest BCUT2D eigenvalue weighted by Gasteiger charge is 2.35. The Morgan fingerprint density at radius 3 is 2.61 bits per heavy atom. The highest BCUT2D eigenvalue weighted by atomic mass is 32.2. The molecule has 1 aromatic heterocycles. The lowest BCUT2D eigenvalue weighted by Crippen LogP contribution is -2.18. The summed E-state index contributed by atoms with van der Waals surface area (Å²) in [5.41, 5.74) is 1.25. The summed E-state index contributed by atoms with van der Waals surface area (Å²) in [7, 11) is -3.87. The van der Waals surface area contributed by atoms with Crippen molar-refractivity contribution in [2.45, 2.75) is 38.8 Å². The molecule has 1 aromatic carbocycles. The monoisotopic (exact) mass is 450 g/mol. The van der Waals surface area contributed by atoms with Gasteiger partial charge in [0.15, 0.2) is 0 Å². The zero-order chi connectivity index (χ0) is 22.4. The number of sulfonamides is 1. The molecule has 0 saturated heterocycles. The van der Waals surface area contributed by atoms with E-state index < -0.39 is 27.5 Å². The minimum Gasteiger partial charge on any atom is -0.299 e. The number of carbonyl (C=O) groups excluding carboxylic acids is 1. The maximum Gasteiger partial charge on any atom is 0.418 e. The number of pyridine rings is 1. The van der Waals surface area contributed by atoms with E-state index in [0.717, 1.165) is 36.2 Å². The van der Waals surface area contributed by atoms with Crippen LogP contribution in [0.3, 0.4) is 0 Å². The van der Waals surface area contributed by atoms with E-state index in [1.54, 1.807) is 6.07 Å². The van der Waals surface area contributed by atoms with Gasteiger partial charge in [-0.05, 0) is 49.1 Å². The standard InChI is InChI=1S/C22H21F3N2O3S/c1-2-31(29,30)27-20-9-8-14(10-18(20)22(23,24)25)17-11-15(12-21(28)13-6-7-13)26-19-5-3-4-16(17)19/h3-4,8-11,13,27H,2,5-7,12H2,1H3. The highest BCUT2D eigenvalue weighted by molar-refractivity contribution is 7.92. The number of fused-ring (bicyclic) bond motifs is 1. The van der Waals surface area contributed by atoms with Gasteiger partial charge in [-0.25, -0.2) is 8.42 Å². The highest BCUT2D eigenvalue weighted by Crippen LogP contribution is 2.40. The summed E-state index contributed by atoms with van der Waals surface area (Å²) in [4.78, 5) is 16.8. The van der Waals surface area contributed by atoms with Crippen molar-refractivity contribution >= 4 is 27.6 Å². The van der Waals surface area contributed by atoms with Crippen LogP contribution in [-0.2, 0) is 33.8 Å². The van der Waals surface area contributed by atoms with Crippen molar-refractivity contribution < 1.29 is 26.4 Å². The molecule has 31 heavy (non-hydrogen) atoms. The number of alkyl halides is 3. The SMILES string of the molecule is CCS(=O)(=O)Nc1ccc(-c2cc(CC(=O)C3CC3)nc3c2C=CC3)cc1C(F)(F)F. The van der Waals surface area contributed by atoms with Crippen LogP contribution in [0.5, 0.6) is 0 Å². The number of nitrogens with one attached hydrogen (secondary N) is 1. The maximum absolute atomic E-state index is 13.7. The molecule has 1 N–H and O–H groups in total. The second-order valence-corrected chi connectivity index (χ2v) is 9.82. The molecule has 2 aliphatic carbocycles. The van der Waals surface area contributed by atoms with Crippen LogP contribution in [0, 0.1) is 5.92 Å². The predicted octanol–water partition coefficient (Wildman–Crippen LogP) is 4.62. The van der Waals surface area contributed by atoms with Crippen LogP contribution in [0.15, 0.2) is 30.3 Å². The number of benzene rings is 1. The molecular formula is C22H21F3N2O3S. The molecule has 2 aliphatic rings. The number of anilines is 1. The van der Waals surface area contributed by atoms with Gasteiger partial charge in [0.25, 0.3) is 0 Å². The van der Waals surface area contributed by atoms with Crippen molar-refractivity contribution in [1.29, 1.82) is 0 Å². The summed E-state index contributed by atoms with van der Waals surface area (Å²) in [6, 6.07) is 5.20. The molecule has 0 spiro atoms. The molecule has 1 heterocycles. The number of rotatable bonds is 7. The molecule has 164 valence electrons. The smallest absolute Gasteiger partial charge is 0.299 e. The van der Waals surface area contributed by atoms with E-state index in [1.165, 1.54) is 13.0 Å². The second kappa shape index (κ2) is 7.78. The van der Waals surface area contributed by atoms with Crippen molar-refractivity contribution in [2.24, 2.45) is 5.92 Å². The number of halogens is 3. The summed E-state index contributed by atoms with van der Waals surface area (Å²) in [5.74, 6) is -0.170. The molecule has 0 radical (unpaired) electrons. The van der Waals surface area contributed by atoms with Gasteiger partial charge in [0.2, 0.25) is 10.0 Å². The fourth-order valence-corrected chi connectivity index (χ4v) is 4.29. The molecule has 4 rings (SSSR count). The van der Waals surface area contributed by atoms with Gasteiger partial charge in [-0.2, -0.15) is 13.2 Å². The Morgan fingerprint density at radius 2 is 1.97 bits per heavy atom. The molecular weight excluding hydrogens is 429 g/mol. The molecule has 0 unspecified atom stereocenters. The van der Waals surface area contributed by atoms with Gasteiger partial charge in [-0.1, -0.05) is 18.2 Å². The van der Waals surface area contributed by atoms with E-state index in [2.05, 4.69) is 4.98 Å². The van der Waals surface area contributed by atoms with Gasteiger partial charge in [0.05, 0.1) is 22.7 Å². The lowest BCUT2D eigenvalue weighted by molar-refractivity contribution is -0.136. The minimum absolute atomic E-state index is 0.0688.